The lowest BCUT2D eigenvalue weighted by Crippen LogP contribution is -2.14. The van der Waals surface area contributed by atoms with Crippen molar-refractivity contribution in [2.75, 3.05) is 37.1 Å². The molecule has 4 nitrogen and oxygen atoms in total. The molecule has 0 bridgehead atoms. The molecule has 0 aliphatic rings. The van der Waals surface area contributed by atoms with E-state index in [1.165, 1.54) is 0 Å². The van der Waals surface area contributed by atoms with Crippen LogP contribution in [0, 0.1) is 0 Å². The number of methoxy groups -OCH3 is 1. The number of carbonyl (C=O) groups excluding carboxylic acids is 1. The van der Waals surface area contributed by atoms with Gasteiger partial charge in [-0.25, -0.2) is 0 Å². The third-order valence-electron chi connectivity index (χ3n) is 2.30. The molecule has 0 saturated heterocycles. The molecule has 0 unspecified atom stereocenters. The van der Waals surface area contributed by atoms with Crippen molar-refractivity contribution in [1.82, 2.24) is 0 Å². The van der Waals surface area contributed by atoms with E-state index in [4.69, 9.17) is 9.84 Å². The van der Waals surface area contributed by atoms with Gasteiger partial charge >= 0.3 is 0 Å². The molecule has 0 heterocycles. The molecule has 0 radical (unpaired) electrons. The first-order valence-corrected chi connectivity index (χ1v) is 6.98. The summed E-state index contributed by atoms with van der Waals surface area (Å²) in [6.45, 7) is 0.801. The third-order valence-corrected chi connectivity index (χ3v) is 3.22. The zero-order chi connectivity index (χ0) is 13.2. The number of aliphatic hydroxyl groups is 1. The van der Waals surface area contributed by atoms with E-state index in [2.05, 4.69) is 5.32 Å². The molecule has 0 spiro atoms. The van der Waals surface area contributed by atoms with Crippen LogP contribution in [0.1, 0.15) is 5.56 Å². The molecule has 2 N–H and O–H groups in total. The van der Waals surface area contributed by atoms with Crippen molar-refractivity contribution in [2.24, 2.45) is 0 Å². The van der Waals surface area contributed by atoms with Gasteiger partial charge in [0.15, 0.2) is 0 Å². The van der Waals surface area contributed by atoms with Crippen molar-refractivity contribution >= 4 is 23.4 Å². The first-order valence-electron chi connectivity index (χ1n) is 5.82. The number of thioether (sulfide) groups is 1. The van der Waals surface area contributed by atoms with Crippen LogP contribution in [0.25, 0.3) is 0 Å². The summed E-state index contributed by atoms with van der Waals surface area (Å²) in [6.07, 6.45) is 0.640. The maximum atomic E-state index is 11.6. The fraction of sp³-hybridized carbons (Fsp3) is 0.462. The fourth-order valence-electron chi connectivity index (χ4n) is 1.39. The van der Waals surface area contributed by atoms with E-state index in [9.17, 15) is 4.79 Å². The SMILES string of the molecule is COCCSCC(=O)Nc1ccc(CCO)cc1. The maximum absolute atomic E-state index is 11.6. The van der Waals surface area contributed by atoms with Gasteiger partial charge in [-0.15, -0.1) is 11.8 Å². The second-order valence-electron chi connectivity index (χ2n) is 3.76. The van der Waals surface area contributed by atoms with Gasteiger partial charge < -0.3 is 15.2 Å². The molecule has 5 heteroatoms. The Labute approximate surface area is 112 Å². The standard InChI is InChI=1S/C13H19NO3S/c1-17-8-9-18-10-13(16)14-12-4-2-11(3-5-12)6-7-15/h2-5,15H,6-10H2,1H3,(H,14,16). The molecule has 0 saturated carbocycles. The van der Waals surface area contributed by atoms with E-state index in [-0.39, 0.29) is 12.5 Å². The summed E-state index contributed by atoms with van der Waals surface area (Å²) in [5, 5.41) is 11.6. The van der Waals surface area contributed by atoms with Gasteiger partial charge in [0.1, 0.15) is 0 Å². The van der Waals surface area contributed by atoms with Crippen LogP contribution in [0.4, 0.5) is 5.69 Å². The molecule has 0 fully saturated rings. The van der Waals surface area contributed by atoms with Gasteiger partial charge in [0.05, 0.1) is 12.4 Å². The lowest BCUT2D eigenvalue weighted by molar-refractivity contribution is -0.113. The van der Waals surface area contributed by atoms with Crippen LogP contribution in [0.15, 0.2) is 24.3 Å². The van der Waals surface area contributed by atoms with Crippen molar-refractivity contribution in [3.05, 3.63) is 29.8 Å². The molecular weight excluding hydrogens is 250 g/mol. The van der Waals surface area contributed by atoms with Crippen LogP contribution < -0.4 is 5.32 Å². The van der Waals surface area contributed by atoms with E-state index in [1.807, 2.05) is 24.3 Å². The Hall–Kier alpha value is -1.04. The smallest absolute Gasteiger partial charge is 0.234 e. The molecule has 0 atom stereocenters. The Bertz CT molecular complexity index is 354. The minimum Gasteiger partial charge on any atom is -0.396 e. The molecule has 100 valence electrons. The Morgan fingerprint density at radius 3 is 2.72 bits per heavy atom. The second-order valence-corrected chi connectivity index (χ2v) is 4.87. The lowest BCUT2D eigenvalue weighted by atomic mass is 10.1. The summed E-state index contributed by atoms with van der Waals surface area (Å²) in [5.41, 5.74) is 1.85. The highest BCUT2D eigenvalue weighted by molar-refractivity contribution is 7.99. The normalized spacial score (nSPS) is 10.3. The van der Waals surface area contributed by atoms with Crippen molar-refractivity contribution in [1.29, 1.82) is 0 Å². The van der Waals surface area contributed by atoms with Crippen LogP contribution in [0.3, 0.4) is 0 Å². The van der Waals surface area contributed by atoms with Crippen molar-refractivity contribution < 1.29 is 14.6 Å². The number of anilines is 1. The summed E-state index contributed by atoms with van der Waals surface area (Å²) < 4.78 is 4.91. The summed E-state index contributed by atoms with van der Waals surface area (Å²) >= 11 is 1.55. The number of amides is 1. The van der Waals surface area contributed by atoms with Gasteiger partial charge in [-0.3, -0.25) is 4.79 Å². The lowest BCUT2D eigenvalue weighted by Gasteiger charge is -2.06. The van der Waals surface area contributed by atoms with Crippen LogP contribution in [0.5, 0.6) is 0 Å². The van der Waals surface area contributed by atoms with Crippen molar-refractivity contribution in [2.45, 2.75) is 6.42 Å². The molecule has 1 rings (SSSR count). The van der Waals surface area contributed by atoms with E-state index in [0.29, 0.717) is 18.8 Å². The predicted octanol–water partition coefficient (Wildman–Crippen LogP) is 1.54. The van der Waals surface area contributed by atoms with E-state index in [0.717, 1.165) is 17.0 Å². The van der Waals surface area contributed by atoms with Crippen LogP contribution in [0.2, 0.25) is 0 Å². The van der Waals surface area contributed by atoms with Gasteiger partial charge in [0.25, 0.3) is 0 Å². The number of aliphatic hydroxyl groups excluding tert-OH is 1. The van der Waals surface area contributed by atoms with Crippen LogP contribution in [-0.4, -0.2) is 42.8 Å². The van der Waals surface area contributed by atoms with E-state index < -0.39 is 0 Å². The van der Waals surface area contributed by atoms with Crippen molar-refractivity contribution in [3.8, 4) is 0 Å². The van der Waals surface area contributed by atoms with Gasteiger partial charge in [0, 0.05) is 25.2 Å². The molecule has 18 heavy (non-hydrogen) atoms. The number of benzene rings is 1. The summed E-state index contributed by atoms with van der Waals surface area (Å²) in [7, 11) is 1.65. The van der Waals surface area contributed by atoms with Crippen LogP contribution in [-0.2, 0) is 16.0 Å². The average Bonchev–Trinajstić information content (AvgIpc) is 2.37. The third kappa shape index (κ3) is 6.05. The summed E-state index contributed by atoms with van der Waals surface area (Å²) in [5.74, 6) is 1.24. The van der Waals surface area contributed by atoms with Gasteiger partial charge in [0.2, 0.25) is 5.91 Å². The monoisotopic (exact) mass is 269 g/mol. The summed E-state index contributed by atoms with van der Waals surface area (Å²) in [4.78, 5) is 11.6. The van der Waals surface area contributed by atoms with Gasteiger partial charge in [-0.1, -0.05) is 12.1 Å². The number of nitrogens with one attached hydrogen (secondary N) is 1. The molecule has 1 aromatic carbocycles. The van der Waals surface area contributed by atoms with Gasteiger partial charge in [-0.2, -0.15) is 0 Å². The Morgan fingerprint density at radius 1 is 1.39 bits per heavy atom. The highest BCUT2D eigenvalue weighted by Gasteiger charge is 2.02. The first kappa shape index (κ1) is 15.0. The molecular formula is C13H19NO3S. The van der Waals surface area contributed by atoms with Gasteiger partial charge in [-0.05, 0) is 24.1 Å². The van der Waals surface area contributed by atoms with Crippen molar-refractivity contribution in [3.63, 3.8) is 0 Å². The summed E-state index contributed by atoms with van der Waals surface area (Å²) in [6, 6.07) is 7.51. The first-order chi connectivity index (χ1) is 8.76. The Kier molecular flexibility index (Phi) is 7.48. The molecule has 1 aromatic rings. The molecule has 1 amide bonds. The highest BCUT2D eigenvalue weighted by Crippen LogP contribution is 2.10. The maximum Gasteiger partial charge on any atom is 0.234 e. The zero-order valence-electron chi connectivity index (χ0n) is 10.5. The molecule has 0 aliphatic heterocycles. The number of carbonyl (C=O) groups is 1. The molecule has 0 aromatic heterocycles. The largest absolute Gasteiger partial charge is 0.396 e. The average molecular weight is 269 g/mol. The fourth-order valence-corrected chi connectivity index (χ4v) is 2.07. The Morgan fingerprint density at radius 2 is 2.11 bits per heavy atom. The zero-order valence-corrected chi connectivity index (χ0v) is 11.3. The number of hydrogen-bond donors (Lipinski definition) is 2. The van der Waals surface area contributed by atoms with E-state index >= 15 is 0 Å². The second kappa shape index (κ2) is 8.97. The number of rotatable bonds is 8. The number of ether oxygens (including phenoxy) is 1. The number of hydrogen-bond acceptors (Lipinski definition) is 4. The minimum absolute atomic E-state index is 0.00832. The Balaban J connectivity index is 2.30. The highest BCUT2D eigenvalue weighted by atomic mass is 32.2. The predicted molar refractivity (Wildman–Crippen MR) is 75.1 cm³/mol. The topological polar surface area (TPSA) is 58.6 Å². The van der Waals surface area contributed by atoms with E-state index in [1.54, 1.807) is 18.9 Å². The molecule has 0 aliphatic carbocycles. The quantitative estimate of drug-likeness (QED) is 0.703. The minimum atomic E-state index is -0.00832. The van der Waals surface area contributed by atoms with Crippen LogP contribution >= 0.6 is 11.8 Å².